The molecule has 25 heavy (non-hydrogen) atoms. The monoisotopic (exact) mass is 329 g/mol. The van der Waals surface area contributed by atoms with Crippen LogP contribution in [0.25, 0.3) is 11.6 Å². The molecule has 6 heteroatoms. The number of benzene rings is 2. The molecule has 0 spiro atoms. The lowest BCUT2D eigenvalue weighted by molar-refractivity contribution is -0.384. The first-order valence-corrected chi connectivity index (χ1v) is 7.06. The number of allylic oxidation sites excluding steroid dienone is 1. The van der Waals surface area contributed by atoms with E-state index >= 15 is 0 Å². The van der Waals surface area contributed by atoms with Crippen LogP contribution in [-0.4, -0.2) is 11.5 Å². The maximum atomic E-state index is 11.0. The lowest BCUT2D eigenvalue weighted by atomic mass is 10.0. The van der Waals surface area contributed by atoms with Crippen molar-refractivity contribution in [3.63, 3.8) is 0 Å². The molecule has 0 fully saturated rings. The third kappa shape index (κ3) is 4.22. The second-order valence-electron chi connectivity index (χ2n) is 4.83. The smallest absolute Gasteiger partial charge is 0.270 e. The van der Waals surface area contributed by atoms with Crippen LogP contribution in [0.2, 0.25) is 0 Å². The zero-order valence-corrected chi connectivity index (χ0v) is 13.0. The molecule has 0 heterocycles. The van der Waals surface area contributed by atoms with Crippen LogP contribution in [0.5, 0.6) is 5.75 Å². The number of nitriles is 2. The van der Waals surface area contributed by atoms with Gasteiger partial charge in [0.25, 0.3) is 5.69 Å². The molecule has 0 aromatic heterocycles. The molecular weight excluding hydrogens is 318 g/mol. The van der Waals surface area contributed by atoms with Crippen molar-refractivity contribution in [2.24, 2.45) is 0 Å². The van der Waals surface area contributed by atoms with Crippen LogP contribution < -0.4 is 4.74 Å². The first-order chi connectivity index (χ1) is 12.1. The normalized spacial score (nSPS) is 10.2. The Kier molecular flexibility index (Phi) is 5.50. The molecule has 0 N–H and O–H groups in total. The molecule has 0 aliphatic heterocycles. The summed E-state index contributed by atoms with van der Waals surface area (Å²) >= 11 is 0. The van der Waals surface area contributed by atoms with Gasteiger partial charge >= 0.3 is 0 Å². The Bertz CT molecular complexity index is 955. The number of ether oxygens (including phenoxy) is 1. The lowest BCUT2D eigenvalue weighted by Gasteiger charge is -2.07. The summed E-state index contributed by atoms with van der Waals surface area (Å²) in [5, 5.41) is 29.2. The van der Waals surface area contributed by atoms with Gasteiger partial charge in [-0.1, -0.05) is 18.1 Å². The number of hydrogen-bond acceptors (Lipinski definition) is 5. The number of nitro groups is 1. The van der Waals surface area contributed by atoms with E-state index in [1.165, 1.54) is 24.3 Å². The van der Waals surface area contributed by atoms with Crippen molar-refractivity contribution in [3.05, 3.63) is 69.3 Å². The summed E-state index contributed by atoms with van der Waals surface area (Å²) in [5.41, 5.74) is 1.56. The Morgan fingerprint density at radius 2 is 1.96 bits per heavy atom. The molecule has 0 atom stereocenters. The molecule has 0 aliphatic rings. The van der Waals surface area contributed by atoms with Gasteiger partial charge in [-0.05, 0) is 29.8 Å². The van der Waals surface area contributed by atoms with E-state index in [-0.39, 0.29) is 17.9 Å². The highest BCUT2D eigenvalue weighted by atomic mass is 16.6. The zero-order chi connectivity index (χ0) is 18.2. The summed E-state index contributed by atoms with van der Waals surface area (Å²) in [4.78, 5) is 10.5. The van der Waals surface area contributed by atoms with Crippen molar-refractivity contribution in [1.29, 1.82) is 10.5 Å². The van der Waals surface area contributed by atoms with Gasteiger partial charge in [0.2, 0.25) is 0 Å². The van der Waals surface area contributed by atoms with Crippen LogP contribution >= 0.6 is 0 Å². The van der Waals surface area contributed by atoms with Gasteiger partial charge in [0.15, 0.2) is 0 Å². The second-order valence-corrected chi connectivity index (χ2v) is 4.83. The average molecular weight is 329 g/mol. The van der Waals surface area contributed by atoms with Crippen LogP contribution in [-0.2, 0) is 0 Å². The number of terminal acetylenes is 1. The van der Waals surface area contributed by atoms with Crippen LogP contribution in [0, 0.1) is 45.1 Å². The molecule has 2 rings (SSSR count). The summed E-state index contributed by atoms with van der Waals surface area (Å²) < 4.78 is 5.38. The zero-order valence-electron chi connectivity index (χ0n) is 13.0. The highest BCUT2D eigenvalue weighted by molar-refractivity contribution is 5.91. The number of nitrogens with zero attached hydrogens (tertiary/aromatic N) is 3. The van der Waals surface area contributed by atoms with E-state index in [1.807, 2.05) is 12.1 Å². The van der Waals surface area contributed by atoms with E-state index in [2.05, 4.69) is 5.92 Å². The van der Waals surface area contributed by atoms with Gasteiger partial charge in [0, 0.05) is 17.7 Å². The SMILES string of the molecule is C#CCOc1ccc([N+](=O)[O-])cc1C=C(C#N)c1ccc(C#N)cc1. The molecule has 120 valence electrons. The minimum absolute atomic E-state index is 0.00258. The number of rotatable bonds is 5. The molecule has 0 amide bonds. The van der Waals surface area contributed by atoms with Crippen LogP contribution in [0.4, 0.5) is 5.69 Å². The van der Waals surface area contributed by atoms with Crippen molar-refractivity contribution in [2.75, 3.05) is 6.61 Å². The van der Waals surface area contributed by atoms with Gasteiger partial charge in [0.05, 0.1) is 28.2 Å². The number of nitro benzene ring substituents is 1. The van der Waals surface area contributed by atoms with E-state index in [1.54, 1.807) is 24.3 Å². The fourth-order valence-electron chi connectivity index (χ4n) is 2.07. The summed E-state index contributed by atoms with van der Waals surface area (Å²) in [6, 6.07) is 14.5. The topological polar surface area (TPSA) is 99.9 Å². The van der Waals surface area contributed by atoms with Crippen LogP contribution in [0.1, 0.15) is 16.7 Å². The van der Waals surface area contributed by atoms with E-state index in [0.717, 1.165) is 0 Å². The molecule has 6 nitrogen and oxygen atoms in total. The van der Waals surface area contributed by atoms with E-state index in [0.29, 0.717) is 22.4 Å². The second kappa shape index (κ2) is 7.97. The van der Waals surface area contributed by atoms with E-state index in [4.69, 9.17) is 16.4 Å². The molecular formula is C19H11N3O3. The Morgan fingerprint density at radius 3 is 2.52 bits per heavy atom. The van der Waals surface area contributed by atoms with Crippen molar-refractivity contribution in [1.82, 2.24) is 0 Å². The van der Waals surface area contributed by atoms with Crippen molar-refractivity contribution < 1.29 is 9.66 Å². The molecule has 2 aromatic carbocycles. The largest absolute Gasteiger partial charge is 0.480 e. The minimum atomic E-state index is -0.532. The predicted octanol–water partition coefficient (Wildman–Crippen LogP) is 3.54. The Balaban J connectivity index is 2.52. The van der Waals surface area contributed by atoms with Crippen molar-refractivity contribution in [2.45, 2.75) is 0 Å². The molecule has 2 aromatic rings. The first kappa shape index (κ1) is 17.3. The maximum Gasteiger partial charge on any atom is 0.270 e. The fourth-order valence-corrected chi connectivity index (χ4v) is 2.07. The molecule has 0 radical (unpaired) electrons. The van der Waals surface area contributed by atoms with Gasteiger partial charge in [0.1, 0.15) is 12.4 Å². The van der Waals surface area contributed by atoms with E-state index in [9.17, 15) is 15.4 Å². The van der Waals surface area contributed by atoms with Gasteiger partial charge in [-0.3, -0.25) is 10.1 Å². The van der Waals surface area contributed by atoms with E-state index < -0.39 is 4.92 Å². The minimum Gasteiger partial charge on any atom is -0.480 e. The Labute approximate surface area is 144 Å². The fraction of sp³-hybridized carbons (Fsp3) is 0.0526. The van der Waals surface area contributed by atoms with Gasteiger partial charge in [-0.25, -0.2) is 0 Å². The summed E-state index contributed by atoms with van der Waals surface area (Å²) in [5.74, 6) is 2.66. The third-order valence-electron chi connectivity index (χ3n) is 3.26. The summed E-state index contributed by atoms with van der Waals surface area (Å²) in [6.07, 6.45) is 6.66. The third-order valence-corrected chi connectivity index (χ3v) is 3.26. The number of non-ortho nitro benzene ring substituents is 1. The Morgan fingerprint density at radius 1 is 1.24 bits per heavy atom. The number of hydrogen-bond donors (Lipinski definition) is 0. The predicted molar refractivity (Wildman–Crippen MR) is 92.1 cm³/mol. The summed E-state index contributed by atoms with van der Waals surface area (Å²) in [6.45, 7) is -0.00258. The maximum absolute atomic E-state index is 11.0. The lowest BCUT2D eigenvalue weighted by Crippen LogP contribution is -1.97. The Hall–Kier alpha value is -4.08. The van der Waals surface area contributed by atoms with Gasteiger partial charge in [-0.15, -0.1) is 6.42 Å². The molecule has 0 unspecified atom stereocenters. The van der Waals surface area contributed by atoms with Gasteiger partial charge < -0.3 is 4.74 Å². The first-order valence-electron chi connectivity index (χ1n) is 7.06. The van der Waals surface area contributed by atoms with Crippen LogP contribution in [0.3, 0.4) is 0 Å². The highest BCUT2D eigenvalue weighted by Crippen LogP contribution is 2.28. The highest BCUT2D eigenvalue weighted by Gasteiger charge is 2.12. The summed E-state index contributed by atoms with van der Waals surface area (Å²) in [7, 11) is 0. The van der Waals surface area contributed by atoms with Crippen LogP contribution in [0.15, 0.2) is 42.5 Å². The van der Waals surface area contributed by atoms with Gasteiger partial charge in [-0.2, -0.15) is 10.5 Å². The average Bonchev–Trinajstić information content (AvgIpc) is 2.64. The molecule has 0 saturated carbocycles. The molecule has 0 saturated heterocycles. The molecule has 0 bridgehead atoms. The standard InChI is InChI=1S/C19H11N3O3/c1-2-9-25-19-8-7-18(22(23)24)11-16(19)10-17(13-21)15-5-3-14(12-20)4-6-15/h1,3-8,10-11H,9H2. The quantitative estimate of drug-likeness (QED) is 0.274. The molecule has 0 aliphatic carbocycles. The van der Waals surface area contributed by atoms with Crippen molar-refractivity contribution >= 4 is 17.3 Å². The van der Waals surface area contributed by atoms with Crippen molar-refractivity contribution in [3.8, 4) is 30.2 Å².